The Morgan fingerprint density at radius 3 is 2.65 bits per heavy atom. The lowest BCUT2D eigenvalue weighted by Gasteiger charge is -2.26. The van der Waals surface area contributed by atoms with Crippen LogP contribution in [0.25, 0.3) is 0 Å². The van der Waals surface area contributed by atoms with Gasteiger partial charge in [-0.2, -0.15) is 0 Å². The molecular weight excluding hydrogens is 352 g/mol. The molecule has 2 rings (SSSR count). The minimum Gasteiger partial charge on any atom is -0.323 e. The van der Waals surface area contributed by atoms with Crippen LogP contribution in [0.4, 0.5) is 0 Å². The number of hydrogen-bond acceptors (Lipinski definition) is 5. The van der Waals surface area contributed by atoms with Crippen molar-refractivity contribution in [1.29, 1.82) is 0 Å². The maximum atomic E-state index is 12.5. The zero-order valence-corrected chi connectivity index (χ0v) is 16.4. The molecule has 0 aromatic carbocycles. The second kappa shape index (κ2) is 7.55. The van der Waals surface area contributed by atoms with Gasteiger partial charge in [-0.25, -0.2) is 12.7 Å². The fraction of sp³-hybridized carbons (Fsp3) is 0.667. The normalized spacial score (nSPS) is 22.3. The highest BCUT2D eigenvalue weighted by Gasteiger charge is 2.39. The van der Waals surface area contributed by atoms with Crippen molar-refractivity contribution in [3.05, 3.63) is 21.9 Å². The van der Waals surface area contributed by atoms with Crippen molar-refractivity contribution in [2.24, 2.45) is 0 Å². The Bertz CT molecular complexity index is 657. The molecule has 0 saturated carbocycles. The number of thiophene rings is 1. The number of aryl methyl sites for hydroxylation is 1. The van der Waals surface area contributed by atoms with Crippen LogP contribution in [0.15, 0.2) is 11.4 Å². The zero-order chi connectivity index (χ0) is 17.2. The van der Waals surface area contributed by atoms with Crippen LogP contribution in [-0.2, 0) is 14.8 Å². The molecule has 1 aliphatic heterocycles. The van der Waals surface area contributed by atoms with Crippen LogP contribution in [0.1, 0.15) is 36.1 Å². The first-order valence-electron chi connectivity index (χ1n) is 7.72. The number of carbonyl (C=O) groups excluding carboxylic acids is 1. The second-order valence-corrected chi connectivity index (χ2v) is 10.3. The Kier molecular flexibility index (Phi) is 6.16. The molecule has 0 aliphatic carbocycles. The Morgan fingerprint density at radius 2 is 2.09 bits per heavy atom. The number of amides is 1. The van der Waals surface area contributed by atoms with Crippen LogP contribution < -0.4 is 0 Å². The maximum Gasteiger partial charge on any atom is 0.236 e. The van der Waals surface area contributed by atoms with E-state index in [1.807, 2.05) is 24.1 Å². The largest absolute Gasteiger partial charge is 0.323 e. The summed E-state index contributed by atoms with van der Waals surface area (Å²) in [5.41, 5.74) is 1.19. The molecule has 8 heteroatoms. The lowest BCUT2D eigenvalue weighted by atomic mass is 10.2. The van der Waals surface area contributed by atoms with Gasteiger partial charge in [0.25, 0.3) is 0 Å². The van der Waals surface area contributed by atoms with E-state index in [1.54, 1.807) is 30.1 Å². The zero-order valence-electron chi connectivity index (χ0n) is 14.0. The topological polar surface area (TPSA) is 57.7 Å². The van der Waals surface area contributed by atoms with Crippen molar-refractivity contribution in [1.82, 2.24) is 9.21 Å². The molecule has 2 heterocycles. The molecule has 0 spiro atoms. The number of hydrogen-bond donors (Lipinski definition) is 0. The maximum absolute atomic E-state index is 12.5. The molecule has 0 bridgehead atoms. The summed E-state index contributed by atoms with van der Waals surface area (Å²) in [4.78, 5) is 15.5. The third-order valence-electron chi connectivity index (χ3n) is 3.97. The summed E-state index contributed by atoms with van der Waals surface area (Å²) >= 11 is 3.30. The van der Waals surface area contributed by atoms with Gasteiger partial charge < -0.3 is 4.90 Å². The highest BCUT2D eigenvalue weighted by Crippen LogP contribution is 2.45. The van der Waals surface area contributed by atoms with Crippen LogP contribution in [-0.4, -0.2) is 54.7 Å². The Morgan fingerprint density at radius 1 is 1.39 bits per heavy atom. The summed E-state index contributed by atoms with van der Waals surface area (Å²) in [6, 6.07) is 2.06. The van der Waals surface area contributed by atoms with Gasteiger partial charge >= 0.3 is 0 Å². The molecule has 0 radical (unpaired) electrons. The van der Waals surface area contributed by atoms with Crippen LogP contribution in [0.2, 0.25) is 0 Å². The van der Waals surface area contributed by atoms with Crippen molar-refractivity contribution in [3.8, 4) is 0 Å². The van der Waals surface area contributed by atoms with Gasteiger partial charge in [-0.1, -0.05) is 6.92 Å². The van der Waals surface area contributed by atoms with Gasteiger partial charge in [0.2, 0.25) is 15.9 Å². The summed E-state index contributed by atoms with van der Waals surface area (Å²) in [5, 5.41) is 1.95. The molecule has 1 amide bonds. The third kappa shape index (κ3) is 4.10. The highest BCUT2D eigenvalue weighted by atomic mass is 32.2. The van der Waals surface area contributed by atoms with Crippen LogP contribution in [0.5, 0.6) is 0 Å². The van der Waals surface area contributed by atoms with E-state index in [0.717, 1.165) is 0 Å². The van der Waals surface area contributed by atoms with E-state index in [1.165, 1.54) is 14.7 Å². The van der Waals surface area contributed by atoms with E-state index in [4.69, 9.17) is 0 Å². The van der Waals surface area contributed by atoms with Crippen molar-refractivity contribution >= 4 is 39.0 Å². The van der Waals surface area contributed by atoms with Gasteiger partial charge in [0, 0.05) is 25.0 Å². The number of thioether (sulfide) groups is 1. The fourth-order valence-electron chi connectivity index (χ4n) is 2.54. The molecule has 1 aromatic rings. The minimum atomic E-state index is -3.22. The first kappa shape index (κ1) is 18.8. The van der Waals surface area contributed by atoms with Crippen molar-refractivity contribution < 1.29 is 13.2 Å². The Hall–Kier alpha value is -0.570. The molecule has 1 aromatic heterocycles. The summed E-state index contributed by atoms with van der Waals surface area (Å²) in [5.74, 6) is 0.241. The monoisotopic (exact) mass is 376 g/mol. The summed E-state index contributed by atoms with van der Waals surface area (Å²) < 4.78 is 25.5. The van der Waals surface area contributed by atoms with E-state index < -0.39 is 10.0 Å². The minimum absolute atomic E-state index is 0.000204. The predicted octanol–water partition coefficient (Wildman–Crippen LogP) is 2.69. The lowest BCUT2D eigenvalue weighted by molar-refractivity contribution is -0.129. The number of carbonyl (C=O) groups is 1. The Balaban J connectivity index is 2.10. The van der Waals surface area contributed by atoms with Gasteiger partial charge in [-0.3, -0.25) is 4.79 Å². The molecule has 23 heavy (non-hydrogen) atoms. The number of sulfonamides is 1. The van der Waals surface area contributed by atoms with Gasteiger partial charge in [0.1, 0.15) is 5.37 Å². The quantitative estimate of drug-likeness (QED) is 0.734. The molecule has 5 nitrogen and oxygen atoms in total. The second-order valence-electron chi connectivity index (χ2n) is 5.77. The van der Waals surface area contributed by atoms with Crippen molar-refractivity contribution in [3.63, 3.8) is 0 Å². The van der Waals surface area contributed by atoms with Gasteiger partial charge in [0.05, 0.1) is 11.0 Å². The fourth-order valence-corrected chi connectivity index (χ4v) is 6.29. The Labute approximate surface area is 147 Å². The van der Waals surface area contributed by atoms with E-state index in [-0.39, 0.29) is 22.3 Å². The molecule has 1 aliphatic rings. The molecule has 130 valence electrons. The van der Waals surface area contributed by atoms with E-state index in [9.17, 15) is 13.2 Å². The molecule has 0 N–H and O–H groups in total. The number of nitrogens with zero attached hydrogens (tertiary/aromatic N) is 2. The van der Waals surface area contributed by atoms with Crippen LogP contribution in [0, 0.1) is 6.92 Å². The molecule has 1 saturated heterocycles. The standard InChI is InChI=1S/C15H24N2O3S3/c1-5-10-23(19,20)16(4)7-8-17-14(18)12(3)22-15(17)13-11(2)6-9-21-13/h6,9,12,15H,5,7-8,10H2,1-4H3. The van der Waals surface area contributed by atoms with E-state index in [0.29, 0.717) is 19.5 Å². The summed E-state index contributed by atoms with van der Waals surface area (Å²) in [6.07, 6.45) is 0.596. The van der Waals surface area contributed by atoms with Gasteiger partial charge in [-0.15, -0.1) is 23.1 Å². The average Bonchev–Trinajstić information content (AvgIpc) is 3.01. The van der Waals surface area contributed by atoms with Crippen LogP contribution >= 0.6 is 23.1 Å². The molecule has 1 fully saturated rings. The molecular formula is C15H24N2O3S3. The van der Waals surface area contributed by atoms with Gasteiger partial charge in [0.15, 0.2) is 0 Å². The lowest BCUT2D eigenvalue weighted by Crippen LogP contribution is -2.39. The summed E-state index contributed by atoms with van der Waals surface area (Å²) in [6.45, 7) is 6.58. The van der Waals surface area contributed by atoms with Crippen molar-refractivity contribution in [2.75, 3.05) is 25.9 Å². The van der Waals surface area contributed by atoms with E-state index in [2.05, 4.69) is 13.0 Å². The average molecular weight is 377 g/mol. The molecule has 2 unspecified atom stereocenters. The van der Waals surface area contributed by atoms with Gasteiger partial charge in [-0.05, 0) is 37.3 Å². The first-order valence-corrected chi connectivity index (χ1v) is 11.1. The highest BCUT2D eigenvalue weighted by molar-refractivity contribution is 8.01. The number of likely N-dealkylation sites (N-methyl/N-ethyl adjacent to an activating group) is 1. The van der Waals surface area contributed by atoms with Crippen molar-refractivity contribution in [2.45, 2.75) is 37.8 Å². The SMILES string of the molecule is CCCS(=O)(=O)N(C)CCN1C(=O)C(C)SC1c1sccc1C. The summed E-state index contributed by atoms with van der Waals surface area (Å²) in [7, 11) is -1.63. The third-order valence-corrected chi connectivity index (χ3v) is 8.60. The molecule has 2 atom stereocenters. The van der Waals surface area contributed by atoms with Crippen LogP contribution in [0.3, 0.4) is 0 Å². The predicted molar refractivity (Wildman–Crippen MR) is 97.3 cm³/mol. The van der Waals surface area contributed by atoms with E-state index >= 15 is 0 Å². The number of rotatable bonds is 7. The smallest absolute Gasteiger partial charge is 0.236 e. The first-order chi connectivity index (χ1) is 10.8.